The molecule has 0 fully saturated rings. The number of ketones is 1. The quantitative estimate of drug-likeness (QED) is 0.148. The van der Waals surface area contributed by atoms with Gasteiger partial charge in [0.25, 0.3) is 0 Å². The lowest BCUT2D eigenvalue weighted by molar-refractivity contribution is -0.145. The van der Waals surface area contributed by atoms with Crippen molar-refractivity contribution in [3.05, 3.63) is 35.4 Å². The third-order valence-corrected chi connectivity index (χ3v) is 5.14. The second-order valence-electron chi connectivity index (χ2n) is 7.98. The number of carbonyl (C=O) groups is 7. The summed E-state index contributed by atoms with van der Waals surface area (Å²) in [6.45, 7) is 1.78. The molecule has 0 radical (unpaired) electrons. The molecule has 13 nitrogen and oxygen atoms in total. The SMILES string of the molecule is CC[C@@H](NC(=O)[C@@H](CC(=O)O)CC(=O)[C@@H](CC(=O)O)NC(=O)Cc1ccc(CNC=O)cc1)C(=O)O. The second-order valence-corrected chi connectivity index (χ2v) is 7.98. The summed E-state index contributed by atoms with van der Waals surface area (Å²) in [4.78, 5) is 81.7. The largest absolute Gasteiger partial charge is 0.481 e. The Morgan fingerprint density at radius 2 is 1.42 bits per heavy atom. The first-order valence-electron chi connectivity index (χ1n) is 11.0. The summed E-state index contributed by atoms with van der Waals surface area (Å²) in [7, 11) is 0. The number of benzene rings is 1. The Hall–Kier alpha value is -4.29. The summed E-state index contributed by atoms with van der Waals surface area (Å²) in [6.07, 6.45) is -1.95. The molecule has 3 atom stereocenters. The molecule has 0 heterocycles. The van der Waals surface area contributed by atoms with Crippen LogP contribution in [0.2, 0.25) is 0 Å². The lowest BCUT2D eigenvalue weighted by Gasteiger charge is -2.21. The van der Waals surface area contributed by atoms with E-state index >= 15 is 0 Å². The first kappa shape index (κ1) is 29.7. The average molecular weight is 507 g/mol. The van der Waals surface area contributed by atoms with Gasteiger partial charge in [-0.25, -0.2) is 4.79 Å². The Morgan fingerprint density at radius 1 is 0.833 bits per heavy atom. The molecule has 36 heavy (non-hydrogen) atoms. The zero-order valence-corrected chi connectivity index (χ0v) is 19.6. The molecule has 0 aliphatic carbocycles. The predicted molar refractivity (Wildman–Crippen MR) is 122 cm³/mol. The number of hydrogen-bond acceptors (Lipinski definition) is 7. The van der Waals surface area contributed by atoms with Gasteiger partial charge in [-0.05, 0) is 17.5 Å². The zero-order valence-electron chi connectivity index (χ0n) is 19.6. The van der Waals surface area contributed by atoms with Crippen LogP contribution in [0.5, 0.6) is 0 Å². The van der Waals surface area contributed by atoms with Crippen LogP contribution in [0, 0.1) is 5.92 Å². The smallest absolute Gasteiger partial charge is 0.326 e. The van der Waals surface area contributed by atoms with Crippen LogP contribution in [0.25, 0.3) is 0 Å². The van der Waals surface area contributed by atoms with E-state index in [9.17, 15) is 33.6 Å². The maximum absolute atomic E-state index is 12.8. The van der Waals surface area contributed by atoms with Crippen LogP contribution >= 0.6 is 0 Å². The van der Waals surface area contributed by atoms with Crippen molar-refractivity contribution in [2.45, 2.75) is 57.7 Å². The molecular weight excluding hydrogens is 478 g/mol. The molecule has 0 aliphatic rings. The number of amides is 3. The van der Waals surface area contributed by atoms with Gasteiger partial charge in [-0.1, -0.05) is 31.2 Å². The van der Waals surface area contributed by atoms with Gasteiger partial charge < -0.3 is 31.3 Å². The van der Waals surface area contributed by atoms with Gasteiger partial charge in [-0.2, -0.15) is 0 Å². The summed E-state index contributed by atoms with van der Waals surface area (Å²) in [5, 5.41) is 34.3. The monoisotopic (exact) mass is 507 g/mol. The predicted octanol–water partition coefficient (Wildman–Crippen LogP) is -0.536. The minimum absolute atomic E-state index is 0.0150. The van der Waals surface area contributed by atoms with Gasteiger partial charge in [-0.15, -0.1) is 0 Å². The van der Waals surface area contributed by atoms with Crippen molar-refractivity contribution >= 4 is 41.9 Å². The normalized spacial score (nSPS) is 12.9. The number of carboxylic acids is 3. The lowest BCUT2D eigenvalue weighted by atomic mass is 9.93. The second kappa shape index (κ2) is 14.9. The highest BCUT2D eigenvalue weighted by Gasteiger charge is 2.32. The minimum atomic E-state index is -1.53. The fraction of sp³-hybridized carbons (Fsp3) is 0.435. The van der Waals surface area contributed by atoms with Crippen molar-refractivity contribution in [2.24, 2.45) is 5.92 Å². The summed E-state index contributed by atoms with van der Waals surface area (Å²) < 4.78 is 0. The molecule has 3 amide bonds. The van der Waals surface area contributed by atoms with Crippen LogP contribution in [0.4, 0.5) is 0 Å². The van der Waals surface area contributed by atoms with E-state index in [0.29, 0.717) is 18.5 Å². The number of carbonyl (C=O) groups excluding carboxylic acids is 4. The summed E-state index contributed by atoms with van der Waals surface area (Å²) >= 11 is 0. The van der Waals surface area contributed by atoms with E-state index in [2.05, 4.69) is 16.0 Å². The number of nitrogens with one attached hydrogen (secondary N) is 3. The first-order valence-corrected chi connectivity index (χ1v) is 11.0. The number of carboxylic acid groups (broad SMARTS) is 3. The van der Waals surface area contributed by atoms with Crippen molar-refractivity contribution < 1.29 is 48.9 Å². The molecule has 0 spiro atoms. The summed E-state index contributed by atoms with van der Waals surface area (Å²) in [6, 6.07) is 3.77. The van der Waals surface area contributed by atoms with E-state index in [4.69, 9.17) is 15.3 Å². The number of hydrogen-bond donors (Lipinski definition) is 6. The fourth-order valence-electron chi connectivity index (χ4n) is 3.27. The van der Waals surface area contributed by atoms with Crippen molar-refractivity contribution in [3.8, 4) is 0 Å². The van der Waals surface area contributed by atoms with Crippen LogP contribution in [-0.2, 0) is 46.5 Å². The molecule has 196 valence electrons. The van der Waals surface area contributed by atoms with Crippen LogP contribution < -0.4 is 16.0 Å². The van der Waals surface area contributed by atoms with Gasteiger partial charge >= 0.3 is 17.9 Å². The highest BCUT2D eigenvalue weighted by molar-refractivity contribution is 5.96. The van der Waals surface area contributed by atoms with Crippen LogP contribution in [-0.4, -0.2) is 69.3 Å². The Bertz CT molecular complexity index is 977. The molecule has 1 rings (SSSR count). The molecule has 0 aliphatic heterocycles. The minimum Gasteiger partial charge on any atom is -0.481 e. The van der Waals surface area contributed by atoms with Crippen LogP contribution in [0.15, 0.2) is 24.3 Å². The molecule has 0 saturated heterocycles. The third kappa shape index (κ3) is 10.8. The van der Waals surface area contributed by atoms with Gasteiger partial charge in [0.05, 0.1) is 31.2 Å². The zero-order chi connectivity index (χ0) is 27.3. The van der Waals surface area contributed by atoms with E-state index in [1.165, 1.54) is 6.92 Å². The number of aliphatic carboxylic acids is 3. The number of rotatable bonds is 17. The van der Waals surface area contributed by atoms with Gasteiger partial charge in [0, 0.05) is 13.0 Å². The van der Waals surface area contributed by atoms with Gasteiger partial charge in [0.1, 0.15) is 6.04 Å². The molecule has 1 aromatic rings. The topological polar surface area (TPSA) is 216 Å². The Labute approximate surface area is 206 Å². The van der Waals surface area contributed by atoms with Crippen molar-refractivity contribution in [3.63, 3.8) is 0 Å². The molecular formula is C23H29N3O10. The first-order chi connectivity index (χ1) is 17.0. The molecule has 6 N–H and O–H groups in total. The van der Waals surface area contributed by atoms with Gasteiger partial charge in [-0.3, -0.25) is 28.8 Å². The van der Waals surface area contributed by atoms with E-state index in [1.807, 2.05) is 0 Å². The molecule has 1 aromatic carbocycles. The Balaban J connectivity index is 2.92. The molecule has 0 unspecified atom stereocenters. The molecule has 0 bridgehead atoms. The van der Waals surface area contributed by atoms with Crippen molar-refractivity contribution in [1.29, 1.82) is 0 Å². The van der Waals surface area contributed by atoms with Crippen molar-refractivity contribution in [1.82, 2.24) is 16.0 Å². The highest BCUT2D eigenvalue weighted by atomic mass is 16.4. The molecule has 13 heteroatoms. The van der Waals surface area contributed by atoms with E-state index in [0.717, 1.165) is 5.56 Å². The Kier molecular flexibility index (Phi) is 12.3. The summed E-state index contributed by atoms with van der Waals surface area (Å²) in [5.41, 5.74) is 1.33. The van der Waals surface area contributed by atoms with Gasteiger partial charge in [0.2, 0.25) is 18.2 Å². The van der Waals surface area contributed by atoms with Gasteiger partial charge in [0.15, 0.2) is 5.78 Å². The van der Waals surface area contributed by atoms with Crippen LogP contribution in [0.1, 0.15) is 43.7 Å². The van der Waals surface area contributed by atoms with Crippen LogP contribution in [0.3, 0.4) is 0 Å². The number of Topliss-reactive ketones (excluding diaryl/α,β-unsaturated/α-hetero) is 1. The fourth-order valence-corrected chi connectivity index (χ4v) is 3.27. The third-order valence-electron chi connectivity index (χ3n) is 5.14. The maximum Gasteiger partial charge on any atom is 0.326 e. The van der Waals surface area contributed by atoms with Crippen molar-refractivity contribution in [2.75, 3.05) is 0 Å². The standard InChI is InChI=1S/C23H29N3O10/c1-2-16(23(35)36)26-22(34)15(9-20(30)31)8-18(28)17(10-21(32)33)25-19(29)7-13-3-5-14(6-4-13)11-24-12-27/h3-6,12,15-17H,2,7-11H2,1H3,(H,24,27)(H,25,29)(H,26,34)(H,30,31)(H,32,33)(H,35,36)/t15-,16-,17-/m1/s1. The van der Waals surface area contributed by atoms with E-state index in [-0.39, 0.29) is 12.8 Å². The maximum atomic E-state index is 12.8. The Morgan fingerprint density at radius 3 is 1.92 bits per heavy atom. The van der Waals surface area contributed by atoms with E-state index < -0.39 is 72.8 Å². The highest BCUT2D eigenvalue weighted by Crippen LogP contribution is 2.14. The molecule has 0 saturated carbocycles. The lowest BCUT2D eigenvalue weighted by Crippen LogP contribution is -2.47. The molecule has 0 aromatic heterocycles. The van der Waals surface area contributed by atoms with E-state index in [1.54, 1.807) is 24.3 Å². The summed E-state index contributed by atoms with van der Waals surface area (Å²) in [5.74, 6) is -8.17. The average Bonchev–Trinajstić information content (AvgIpc) is 2.80.